The van der Waals surface area contributed by atoms with Gasteiger partial charge in [-0.05, 0) is 19.3 Å². The number of methoxy groups -OCH3 is 1. The summed E-state index contributed by atoms with van der Waals surface area (Å²) in [4.78, 5) is 26.0. The largest absolute Gasteiger partial charge is 0.383 e. The zero-order valence-corrected chi connectivity index (χ0v) is 14.4. The number of likely N-dealkylation sites (tertiary alicyclic amines) is 1. The molecule has 1 saturated heterocycles. The summed E-state index contributed by atoms with van der Waals surface area (Å²) < 4.78 is 5.15. The zero-order valence-electron chi connectivity index (χ0n) is 14.4. The first kappa shape index (κ1) is 19.1. The molecule has 0 saturated carbocycles. The summed E-state index contributed by atoms with van der Waals surface area (Å²) in [6, 6.07) is 0.170. The van der Waals surface area contributed by atoms with E-state index in [2.05, 4.69) is 6.92 Å². The van der Waals surface area contributed by atoms with Gasteiger partial charge in [0.2, 0.25) is 5.91 Å². The zero-order chi connectivity index (χ0) is 16.2. The van der Waals surface area contributed by atoms with E-state index in [9.17, 15) is 9.59 Å². The molecule has 0 aromatic heterocycles. The monoisotopic (exact) mass is 311 g/mol. The fourth-order valence-corrected chi connectivity index (χ4v) is 3.17. The Balaban J connectivity index is 2.12. The molecule has 4 nitrogen and oxygen atoms in total. The van der Waals surface area contributed by atoms with Crippen LogP contribution in [0.4, 0.5) is 0 Å². The molecule has 0 bridgehead atoms. The minimum atomic E-state index is -0.00695. The highest BCUT2D eigenvalue weighted by Gasteiger charge is 2.29. The van der Waals surface area contributed by atoms with Crippen LogP contribution in [0.2, 0.25) is 0 Å². The van der Waals surface area contributed by atoms with Crippen LogP contribution < -0.4 is 0 Å². The van der Waals surface area contributed by atoms with Gasteiger partial charge in [0.05, 0.1) is 19.1 Å². The van der Waals surface area contributed by atoms with E-state index in [1.54, 1.807) is 7.11 Å². The van der Waals surface area contributed by atoms with Crippen LogP contribution in [0.15, 0.2) is 0 Å². The summed E-state index contributed by atoms with van der Waals surface area (Å²) >= 11 is 0. The molecule has 128 valence electrons. The molecule has 4 heteroatoms. The molecular formula is C18H33NO3. The highest BCUT2D eigenvalue weighted by atomic mass is 16.5. The summed E-state index contributed by atoms with van der Waals surface area (Å²) in [5.41, 5.74) is 0. The van der Waals surface area contributed by atoms with E-state index in [0.29, 0.717) is 13.0 Å². The molecule has 0 aromatic rings. The van der Waals surface area contributed by atoms with Gasteiger partial charge in [0, 0.05) is 20.1 Å². The summed E-state index contributed by atoms with van der Waals surface area (Å²) in [5.74, 6) is 0.0918. The van der Waals surface area contributed by atoms with E-state index in [1.807, 2.05) is 4.90 Å². The molecule has 1 fully saturated rings. The SMILES string of the molecule is CCCCCCCCCC(=O)CC(=O)N1CCCC1COC. The Morgan fingerprint density at radius 3 is 2.45 bits per heavy atom. The van der Waals surface area contributed by atoms with Gasteiger partial charge in [-0.25, -0.2) is 0 Å². The van der Waals surface area contributed by atoms with Gasteiger partial charge in [0.25, 0.3) is 0 Å². The molecule has 1 heterocycles. The van der Waals surface area contributed by atoms with Crippen molar-refractivity contribution in [2.75, 3.05) is 20.3 Å². The molecule has 1 unspecified atom stereocenters. The van der Waals surface area contributed by atoms with Crippen LogP contribution in [0, 0.1) is 0 Å². The number of rotatable bonds is 12. The van der Waals surface area contributed by atoms with Crippen molar-refractivity contribution >= 4 is 11.7 Å². The van der Waals surface area contributed by atoms with Gasteiger partial charge in [-0.3, -0.25) is 9.59 Å². The molecule has 0 radical (unpaired) electrons. The highest BCUT2D eigenvalue weighted by Crippen LogP contribution is 2.19. The van der Waals surface area contributed by atoms with E-state index in [1.165, 1.54) is 32.1 Å². The van der Waals surface area contributed by atoms with Crippen LogP contribution in [0.1, 0.15) is 77.6 Å². The Labute approximate surface area is 135 Å². The van der Waals surface area contributed by atoms with E-state index in [-0.39, 0.29) is 24.2 Å². The third-order valence-corrected chi connectivity index (χ3v) is 4.46. The second kappa shape index (κ2) is 11.6. The number of nitrogens with zero attached hydrogens (tertiary/aromatic N) is 1. The first-order valence-corrected chi connectivity index (χ1v) is 8.99. The van der Waals surface area contributed by atoms with Crippen molar-refractivity contribution in [3.63, 3.8) is 0 Å². The van der Waals surface area contributed by atoms with Gasteiger partial charge in [0.1, 0.15) is 5.78 Å². The summed E-state index contributed by atoms with van der Waals surface area (Å²) in [5, 5.41) is 0. The number of hydrogen-bond acceptors (Lipinski definition) is 3. The predicted octanol–water partition coefficient (Wildman–Crippen LogP) is 3.72. The molecular weight excluding hydrogens is 278 g/mol. The average molecular weight is 311 g/mol. The number of amides is 1. The van der Waals surface area contributed by atoms with Crippen molar-refractivity contribution in [2.24, 2.45) is 0 Å². The van der Waals surface area contributed by atoms with Gasteiger partial charge in [-0.15, -0.1) is 0 Å². The van der Waals surface area contributed by atoms with Gasteiger partial charge in [0.15, 0.2) is 0 Å². The Bertz CT molecular complexity index is 330. The van der Waals surface area contributed by atoms with Crippen LogP contribution >= 0.6 is 0 Å². The van der Waals surface area contributed by atoms with Gasteiger partial charge in [-0.2, -0.15) is 0 Å². The summed E-state index contributed by atoms with van der Waals surface area (Å²) in [6.07, 6.45) is 11.1. The van der Waals surface area contributed by atoms with Crippen LogP contribution in [0.5, 0.6) is 0 Å². The third kappa shape index (κ3) is 7.39. The van der Waals surface area contributed by atoms with Gasteiger partial charge in [-0.1, -0.05) is 45.4 Å². The minimum Gasteiger partial charge on any atom is -0.383 e. The Kier molecular flexibility index (Phi) is 10.1. The maximum atomic E-state index is 12.2. The fraction of sp³-hybridized carbons (Fsp3) is 0.889. The number of carbonyl (C=O) groups excluding carboxylic acids is 2. The molecule has 0 aliphatic carbocycles. The summed E-state index contributed by atoms with van der Waals surface area (Å²) in [6.45, 7) is 3.57. The van der Waals surface area contributed by atoms with Crippen molar-refractivity contribution in [3.8, 4) is 0 Å². The van der Waals surface area contributed by atoms with E-state index < -0.39 is 0 Å². The Hall–Kier alpha value is -0.900. The minimum absolute atomic E-state index is 0.00695. The quantitative estimate of drug-likeness (QED) is 0.407. The lowest BCUT2D eigenvalue weighted by Crippen LogP contribution is -2.38. The van der Waals surface area contributed by atoms with E-state index in [4.69, 9.17) is 4.74 Å². The average Bonchev–Trinajstić information content (AvgIpc) is 2.95. The molecule has 1 aliphatic heterocycles. The Morgan fingerprint density at radius 1 is 1.09 bits per heavy atom. The van der Waals surface area contributed by atoms with Crippen molar-refractivity contribution in [3.05, 3.63) is 0 Å². The van der Waals surface area contributed by atoms with Crippen LogP contribution in [-0.2, 0) is 14.3 Å². The molecule has 1 amide bonds. The van der Waals surface area contributed by atoms with Crippen molar-refractivity contribution < 1.29 is 14.3 Å². The van der Waals surface area contributed by atoms with Gasteiger partial charge >= 0.3 is 0 Å². The number of Topliss-reactive ketones (excluding diaryl/α,β-unsaturated/α-hetero) is 1. The lowest BCUT2D eigenvalue weighted by atomic mass is 10.1. The number of carbonyl (C=O) groups is 2. The normalized spacial score (nSPS) is 17.9. The Morgan fingerprint density at radius 2 is 1.77 bits per heavy atom. The number of ether oxygens (including phenoxy) is 1. The topological polar surface area (TPSA) is 46.6 Å². The van der Waals surface area contributed by atoms with Crippen LogP contribution in [0.25, 0.3) is 0 Å². The van der Waals surface area contributed by atoms with Crippen molar-refractivity contribution in [1.29, 1.82) is 0 Å². The number of unbranched alkanes of at least 4 members (excludes halogenated alkanes) is 6. The lowest BCUT2D eigenvalue weighted by Gasteiger charge is -2.23. The number of ketones is 1. The first-order valence-electron chi connectivity index (χ1n) is 8.99. The molecule has 1 atom stereocenters. The third-order valence-electron chi connectivity index (χ3n) is 4.46. The van der Waals surface area contributed by atoms with E-state index in [0.717, 1.165) is 32.2 Å². The fourth-order valence-electron chi connectivity index (χ4n) is 3.17. The second-order valence-electron chi connectivity index (χ2n) is 6.43. The van der Waals surface area contributed by atoms with E-state index >= 15 is 0 Å². The smallest absolute Gasteiger partial charge is 0.230 e. The number of hydrogen-bond donors (Lipinski definition) is 0. The molecule has 0 aromatic carbocycles. The molecule has 22 heavy (non-hydrogen) atoms. The van der Waals surface area contributed by atoms with Crippen molar-refractivity contribution in [1.82, 2.24) is 4.90 Å². The lowest BCUT2D eigenvalue weighted by molar-refractivity contribution is -0.136. The maximum Gasteiger partial charge on any atom is 0.230 e. The van der Waals surface area contributed by atoms with Crippen molar-refractivity contribution in [2.45, 2.75) is 83.6 Å². The highest BCUT2D eigenvalue weighted by molar-refractivity contribution is 5.98. The van der Waals surface area contributed by atoms with Gasteiger partial charge < -0.3 is 9.64 Å². The standard InChI is InChI=1S/C18H33NO3/c1-3-4-5-6-7-8-9-12-17(20)14-18(21)19-13-10-11-16(19)15-22-2/h16H,3-15H2,1-2H3. The summed E-state index contributed by atoms with van der Waals surface area (Å²) in [7, 11) is 1.66. The van der Waals surface area contributed by atoms with Crippen LogP contribution in [-0.4, -0.2) is 42.9 Å². The second-order valence-corrected chi connectivity index (χ2v) is 6.43. The molecule has 1 rings (SSSR count). The maximum absolute atomic E-state index is 12.2. The predicted molar refractivity (Wildman–Crippen MR) is 88.8 cm³/mol. The first-order chi connectivity index (χ1) is 10.7. The molecule has 0 N–H and O–H groups in total. The molecule has 0 spiro atoms. The van der Waals surface area contributed by atoms with Crippen LogP contribution in [0.3, 0.4) is 0 Å². The molecule has 1 aliphatic rings.